The first-order valence-electron chi connectivity index (χ1n) is 7.47. The fourth-order valence-electron chi connectivity index (χ4n) is 2.51. The highest BCUT2D eigenvalue weighted by molar-refractivity contribution is 6.30. The van der Waals surface area contributed by atoms with Gasteiger partial charge in [0.05, 0.1) is 5.69 Å². The number of rotatable bonds is 6. The van der Waals surface area contributed by atoms with Crippen LogP contribution in [0.3, 0.4) is 0 Å². The van der Waals surface area contributed by atoms with Crippen LogP contribution in [-0.2, 0) is 13.6 Å². The molecule has 1 aromatic heterocycles. The summed E-state index contributed by atoms with van der Waals surface area (Å²) in [7, 11) is 1.89. The number of nitrogens with one attached hydrogen (secondary N) is 1. The van der Waals surface area contributed by atoms with Gasteiger partial charge in [-0.2, -0.15) is 5.10 Å². The fourth-order valence-corrected chi connectivity index (χ4v) is 2.71. The maximum atomic E-state index is 6.35. The molecule has 0 aliphatic carbocycles. The molecule has 2 rings (SSSR count). The SMILES string of the molecule is CC(C)c1nn(C)c(Cl)c1CNCC(C)c1ccccc1. The van der Waals surface area contributed by atoms with Gasteiger partial charge in [-0.05, 0) is 17.4 Å². The summed E-state index contributed by atoms with van der Waals surface area (Å²) in [6, 6.07) is 10.6. The van der Waals surface area contributed by atoms with Gasteiger partial charge in [-0.1, -0.05) is 62.7 Å². The van der Waals surface area contributed by atoms with Crippen LogP contribution in [0.15, 0.2) is 30.3 Å². The third-order valence-corrected chi connectivity index (χ3v) is 4.24. The van der Waals surface area contributed by atoms with E-state index in [1.165, 1.54) is 5.56 Å². The number of halogens is 1. The van der Waals surface area contributed by atoms with E-state index in [1.807, 2.05) is 13.1 Å². The Morgan fingerprint density at radius 3 is 2.48 bits per heavy atom. The monoisotopic (exact) mass is 305 g/mol. The van der Waals surface area contributed by atoms with Gasteiger partial charge < -0.3 is 5.32 Å². The van der Waals surface area contributed by atoms with Gasteiger partial charge in [0.15, 0.2) is 0 Å². The molecule has 1 atom stereocenters. The quantitative estimate of drug-likeness (QED) is 0.871. The molecule has 0 bridgehead atoms. The van der Waals surface area contributed by atoms with E-state index in [0.717, 1.165) is 29.5 Å². The zero-order chi connectivity index (χ0) is 15.4. The Balaban J connectivity index is 1.98. The van der Waals surface area contributed by atoms with Crippen LogP contribution in [0.1, 0.15) is 49.4 Å². The Morgan fingerprint density at radius 1 is 1.19 bits per heavy atom. The van der Waals surface area contributed by atoms with E-state index in [1.54, 1.807) is 4.68 Å². The lowest BCUT2D eigenvalue weighted by atomic mass is 10.0. The van der Waals surface area contributed by atoms with Crippen molar-refractivity contribution >= 4 is 11.6 Å². The summed E-state index contributed by atoms with van der Waals surface area (Å²) in [5, 5.41) is 8.76. The molecule has 0 spiro atoms. The second kappa shape index (κ2) is 7.10. The van der Waals surface area contributed by atoms with Crippen LogP contribution < -0.4 is 5.32 Å². The molecule has 0 fully saturated rings. The summed E-state index contributed by atoms with van der Waals surface area (Å²) < 4.78 is 1.76. The normalized spacial score (nSPS) is 12.9. The van der Waals surface area contributed by atoms with Gasteiger partial charge in [0.1, 0.15) is 5.15 Å². The Morgan fingerprint density at radius 2 is 1.86 bits per heavy atom. The number of hydrogen-bond acceptors (Lipinski definition) is 2. The minimum Gasteiger partial charge on any atom is -0.312 e. The standard InChI is InChI=1S/C17H24ClN3/c1-12(2)16-15(17(18)21(4)20-16)11-19-10-13(3)14-8-6-5-7-9-14/h5-9,12-13,19H,10-11H2,1-4H3. The summed E-state index contributed by atoms with van der Waals surface area (Å²) in [4.78, 5) is 0. The molecule has 3 nitrogen and oxygen atoms in total. The summed E-state index contributed by atoms with van der Waals surface area (Å²) in [6.07, 6.45) is 0. The molecule has 1 heterocycles. The highest BCUT2D eigenvalue weighted by Crippen LogP contribution is 2.25. The van der Waals surface area contributed by atoms with E-state index in [4.69, 9.17) is 11.6 Å². The number of hydrogen-bond donors (Lipinski definition) is 1. The van der Waals surface area contributed by atoms with Crippen LogP contribution in [0, 0.1) is 0 Å². The first-order chi connectivity index (χ1) is 10.0. The first-order valence-corrected chi connectivity index (χ1v) is 7.85. The summed E-state index contributed by atoms with van der Waals surface area (Å²) in [5.74, 6) is 0.858. The zero-order valence-electron chi connectivity index (χ0n) is 13.2. The van der Waals surface area contributed by atoms with Crippen LogP contribution in [0.5, 0.6) is 0 Å². The maximum absolute atomic E-state index is 6.35. The van der Waals surface area contributed by atoms with E-state index in [-0.39, 0.29) is 0 Å². The second-order valence-corrected chi connectivity index (χ2v) is 6.23. The van der Waals surface area contributed by atoms with E-state index in [2.05, 4.69) is 55.5 Å². The van der Waals surface area contributed by atoms with Crippen molar-refractivity contribution in [3.05, 3.63) is 52.3 Å². The van der Waals surface area contributed by atoms with E-state index >= 15 is 0 Å². The first kappa shape index (κ1) is 16.1. The molecule has 0 saturated carbocycles. The maximum Gasteiger partial charge on any atom is 0.131 e. The van der Waals surface area contributed by atoms with Gasteiger partial charge in [0, 0.05) is 25.7 Å². The Hall–Kier alpha value is -1.32. The molecule has 0 amide bonds. The molecule has 0 radical (unpaired) electrons. The average molecular weight is 306 g/mol. The molecule has 1 unspecified atom stereocenters. The van der Waals surface area contributed by atoms with E-state index in [9.17, 15) is 0 Å². The van der Waals surface area contributed by atoms with E-state index < -0.39 is 0 Å². The van der Waals surface area contributed by atoms with Crippen molar-refractivity contribution < 1.29 is 0 Å². The molecule has 114 valence electrons. The third kappa shape index (κ3) is 3.86. The Kier molecular flexibility index (Phi) is 5.43. The molecule has 0 saturated heterocycles. The molecule has 0 aliphatic rings. The molecular formula is C17H24ClN3. The van der Waals surface area contributed by atoms with Crippen LogP contribution in [-0.4, -0.2) is 16.3 Å². The Labute approximate surface area is 132 Å². The lowest BCUT2D eigenvalue weighted by molar-refractivity contribution is 0.610. The molecule has 1 aromatic carbocycles. The minimum atomic E-state index is 0.382. The summed E-state index contributed by atoms with van der Waals surface area (Å²) in [5.41, 5.74) is 3.56. The largest absolute Gasteiger partial charge is 0.312 e. The number of benzene rings is 1. The van der Waals surface area contributed by atoms with Gasteiger partial charge in [-0.3, -0.25) is 4.68 Å². The van der Waals surface area contributed by atoms with Crippen LogP contribution >= 0.6 is 11.6 Å². The predicted octanol–water partition coefficient (Wildman–Crippen LogP) is 4.09. The molecule has 4 heteroatoms. The summed E-state index contributed by atoms with van der Waals surface area (Å²) >= 11 is 6.35. The smallest absolute Gasteiger partial charge is 0.131 e. The highest BCUT2D eigenvalue weighted by Gasteiger charge is 2.17. The number of aryl methyl sites for hydroxylation is 1. The lowest BCUT2D eigenvalue weighted by Gasteiger charge is -2.13. The molecule has 21 heavy (non-hydrogen) atoms. The van der Waals surface area contributed by atoms with Crippen molar-refractivity contribution in [2.45, 2.75) is 39.2 Å². The molecule has 0 aliphatic heterocycles. The molecular weight excluding hydrogens is 282 g/mol. The average Bonchev–Trinajstić information content (AvgIpc) is 2.76. The highest BCUT2D eigenvalue weighted by atomic mass is 35.5. The number of nitrogens with zero attached hydrogens (tertiary/aromatic N) is 2. The van der Waals surface area contributed by atoms with Crippen LogP contribution in [0.4, 0.5) is 0 Å². The predicted molar refractivity (Wildman–Crippen MR) is 88.9 cm³/mol. The van der Waals surface area contributed by atoms with Gasteiger partial charge in [-0.25, -0.2) is 0 Å². The van der Waals surface area contributed by atoms with Gasteiger partial charge in [-0.15, -0.1) is 0 Å². The van der Waals surface area contributed by atoms with Crippen molar-refractivity contribution in [1.29, 1.82) is 0 Å². The Bertz CT molecular complexity index is 575. The van der Waals surface area contributed by atoms with Crippen molar-refractivity contribution in [2.24, 2.45) is 7.05 Å². The lowest BCUT2D eigenvalue weighted by Crippen LogP contribution is -2.20. The number of aromatic nitrogens is 2. The van der Waals surface area contributed by atoms with Crippen LogP contribution in [0.2, 0.25) is 5.15 Å². The molecule has 1 N–H and O–H groups in total. The zero-order valence-corrected chi connectivity index (χ0v) is 14.0. The van der Waals surface area contributed by atoms with E-state index in [0.29, 0.717) is 11.8 Å². The topological polar surface area (TPSA) is 29.9 Å². The second-order valence-electron chi connectivity index (χ2n) is 5.88. The third-order valence-electron chi connectivity index (χ3n) is 3.77. The van der Waals surface area contributed by atoms with Crippen molar-refractivity contribution in [2.75, 3.05) is 6.54 Å². The van der Waals surface area contributed by atoms with Crippen molar-refractivity contribution in [3.63, 3.8) is 0 Å². The van der Waals surface area contributed by atoms with Gasteiger partial charge in [0.25, 0.3) is 0 Å². The summed E-state index contributed by atoms with van der Waals surface area (Å²) in [6.45, 7) is 8.21. The molecule has 2 aromatic rings. The van der Waals surface area contributed by atoms with Crippen molar-refractivity contribution in [3.8, 4) is 0 Å². The van der Waals surface area contributed by atoms with Gasteiger partial charge in [0.2, 0.25) is 0 Å². The van der Waals surface area contributed by atoms with Crippen LogP contribution in [0.25, 0.3) is 0 Å². The fraction of sp³-hybridized carbons (Fsp3) is 0.471. The van der Waals surface area contributed by atoms with Gasteiger partial charge >= 0.3 is 0 Å². The minimum absolute atomic E-state index is 0.382. The van der Waals surface area contributed by atoms with Crippen molar-refractivity contribution in [1.82, 2.24) is 15.1 Å².